The minimum Gasteiger partial charge on any atom is -0.442 e. The molecule has 5 rings (SSSR count). The van der Waals surface area contributed by atoms with Gasteiger partial charge in [-0.05, 0) is 30.3 Å². The van der Waals surface area contributed by atoms with Crippen molar-refractivity contribution < 1.29 is 33.0 Å². The van der Waals surface area contributed by atoms with Crippen LogP contribution in [0.4, 0.5) is 14.9 Å². The zero-order chi connectivity index (χ0) is 26.3. The van der Waals surface area contributed by atoms with Gasteiger partial charge in [0.2, 0.25) is 0 Å². The van der Waals surface area contributed by atoms with Crippen LogP contribution in [0, 0.1) is 5.82 Å². The summed E-state index contributed by atoms with van der Waals surface area (Å²) >= 11 is 0. The van der Waals surface area contributed by atoms with Crippen molar-refractivity contribution in [2.45, 2.75) is 18.8 Å². The predicted octanol–water partition coefficient (Wildman–Crippen LogP) is 2.39. The maximum atomic E-state index is 15.1. The summed E-state index contributed by atoms with van der Waals surface area (Å²) in [4.78, 5) is 23.7. The molecule has 12 nitrogen and oxygen atoms in total. The number of methoxy groups -OCH3 is 1. The third kappa shape index (κ3) is 6.14. The molecule has 1 N–H and O–H groups in total. The molecule has 2 aliphatic heterocycles. The minimum atomic E-state index is -0.532. The Morgan fingerprint density at radius 2 is 2.13 bits per heavy atom. The number of hydroxylamine groups is 1. The minimum absolute atomic E-state index is 0.145. The molecule has 0 bridgehead atoms. The van der Waals surface area contributed by atoms with Crippen molar-refractivity contribution in [1.29, 1.82) is 0 Å². The van der Waals surface area contributed by atoms with Gasteiger partial charge in [0.1, 0.15) is 24.8 Å². The van der Waals surface area contributed by atoms with Crippen LogP contribution in [0.2, 0.25) is 0 Å². The third-order valence-electron chi connectivity index (χ3n) is 5.90. The van der Waals surface area contributed by atoms with Gasteiger partial charge in [-0.25, -0.2) is 13.9 Å². The van der Waals surface area contributed by atoms with Crippen LogP contribution in [0.25, 0.3) is 16.8 Å². The fraction of sp³-hybridized carbons (Fsp3) is 0.360. The quantitative estimate of drug-likeness (QED) is 0.278. The Hall–Kier alpha value is -3.91. The molecule has 0 radical (unpaired) electrons. The van der Waals surface area contributed by atoms with Crippen LogP contribution in [-0.4, -0.2) is 78.5 Å². The van der Waals surface area contributed by atoms with Crippen molar-refractivity contribution in [3.63, 3.8) is 0 Å². The summed E-state index contributed by atoms with van der Waals surface area (Å²) in [5, 5.41) is 7.62. The van der Waals surface area contributed by atoms with E-state index in [2.05, 4.69) is 20.8 Å². The number of ether oxygens (including phenoxy) is 4. The molecule has 38 heavy (non-hydrogen) atoms. The third-order valence-corrected chi connectivity index (χ3v) is 5.90. The molecule has 2 aliphatic rings. The van der Waals surface area contributed by atoms with E-state index in [0.29, 0.717) is 54.6 Å². The molecular weight excluding hydrogens is 499 g/mol. The maximum absolute atomic E-state index is 15.1. The van der Waals surface area contributed by atoms with Crippen molar-refractivity contribution in [3.05, 3.63) is 66.5 Å². The number of pyridine rings is 1. The Morgan fingerprint density at radius 3 is 2.89 bits per heavy atom. The summed E-state index contributed by atoms with van der Waals surface area (Å²) in [6.45, 7) is 2.07. The van der Waals surface area contributed by atoms with Crippen LogP contribution in [0.3, 0.4) is 0 Å². The smallest absolute Gasteiger partial charge is 0.414 e. The molecule has 3 aromatic rings. The lowest BCUT2D eigenvalue weighted by Gasteiger charge is -2.14. The number of nitrogens with zero attached hydrogens (tertiary/aromatic N) is 5. The molecule has 1 fully saturated rings. The number of benzene rings is 1. The highest BCUT2D eigenvalue weighted by atomic mass is 19.1. The Morgan fingerprint density at radius 1 is 1.21 bits per heavy atom. The number of amides is 1. The van der Waals surface area contributed by atoms with Gasteiger partial charge < -0.3 is 18.9 Å². The molecule has 1 aromatic carbocycles. The van der Waals surface area contributed by atoms with Gasteiger partial charge in [-0.2, -0.15) is 0 Å². The first-order valence-electron chi connectivity index (χ1n) is 12.0. The highest BCUT2D eigenvalue weighted by Crippen LogP contribution is 2.30. The van der Waals surface area contributed by atoms with Crippen LogP contribution in [-0.2, 0) is 30.3 Å². The monoisotopic (exact) mass is 526 g/mol. The number of cyclic esters (lactones) is 1. The van der Waals surface area contributed by atoms with Gasteiger partial charge in [0.05, 0.1) is 56.2 Å². The number of halogens is 1. The highest BCUT2D eigenvalue weighted by Gasteiger charge is 2.33. The fourth-order valence-electron chi connectivity index (χ4n) is 4.02. The topological polar surface area (TPSA) is 122 Å². The SMILES string of the molecule is COCCOCOC[C@@H]1C=C(c2ccc(-c3ccc(N4C[C@H](Cn5ccnn5)OC4=O)cc3F)cn2)NO1. The maximum Gasteiger partial charge on any atom is 0.414 e. The van der Waals surface area contributed by atoms with Crippen molar-refractivity contribution in [2.75, 3.05) is 45.2 Å². The molecule has 0 spiro atoms. The number of anilines is 1. The Bertz CT molecular complexity index is 1260. The second-order valence-electron chi connectivity index (χ2n) is 8.57. The average Bonchev–Trinajstić information content (AvgIpc) is 3.68. The molecular formula is C25H27FN6O6. The van der Waals surface area contributed by atoms with E-state index >= 15 is 4.39 Å². The molecule has 4 heterocycles. The Balaban J connectivity index is 1.18. The van der Waals surface area contributed by atoms with Crippen LogP contribution in [0.1, 0.15) is 5.69 Å². The molecule has 13 heteroatoms. The largest absolute Gasteiger partial charge is 0.442 e. The fourth-order valence-corrected chi connectivity index (χ4v) is 4.02. The number of carbonyl (C=O) groups excluding carboxylic acids is 1. The van der Waals surface area contributed by atoms with Gasteiger partial charge in [-0.3, -0.25) is 20.2 Å². The van der Waals surface area contributed by atoms with Crippen LogP contribution >= 0.6 is 0 Å². The summed E-state index contributed by atoms with van der Waals surface area (Å²) in [7, 11) is 1.61. The number of hydrogen-bond acceptors (Lipinski definition) is 10. The first kappa shape index (κ1) is 25.7. The van der Waals surface area contributed by atoms with E-state index < -0.39 is 18.0 Å². The van der Waals surface area contributed by atoms with Gasteiger partial charge in [0.15, 0.2) is 0 Å². The zero-order valence-electron chi connectivity index (χ0n) is 20.7. The summed E-state index contributed by atoms with van der Waals surface area (Å²) in [6.07, 6.45) is 5.44. The summed E-state index contributed by atoms with van der Waals surface area (Å²) in [6, 6.07) is 8.17. The second kappa shape index (κ2) is 12.1. The molecule has 0 aliphatic carbocycles. The summed E-state index contributed by atoms with van der Waals surface area (Å²) < 4.78 is 37.7. The van der Waals surface area contributed by atoms with Gasteiger partial charge in [-0.1, -0.05) is 11.3 Å². The standard InChI is InChI=1S/C25H27FN6O6/c1-34-8-9-35-16-36-15-19-11-24(29-38-19)23-5-2-17(12-27-23)21-4-3-18(10-22(21)26)32-14-20(37-25(32)33)13-31-7-6-28-30-31/h2-7,10-12,19-20,29H,8-9,13-16H2,1H3/t19-,20-/m0/s1. The normalized spacial score (nSPS) is 18.9. The number of carbonyl (C=O) groups is 1. The summed E-state index contributed by atoms with van der Waals surface area (Å²) in [5.41, 5.74) is 5.55. The van der Waals surface area contributed by atoms with E-state index in [1.165, 1.54) is 11.0 Å². The van der Waals surface area contributed by atoms with Gasteiger partial charge >= 0.3 is 6.09 Å². The van der Waals surface area contributed by atoms with Crippen molar-refractivity contribution in [1.82, 2.24) is 25.5 Å². The van der Waals surface area contributed by atoms with Crippen LogP contribution < -0.4 is 10.4 Å². The Labute approximate surface area is 217 Å². The molecule has 0 unspecified atom stereocenters. The number of rotatable bonds is 12. The van der Waals surface area contributed by atoms with E-state index in [1.807, 2.05) is 6.08 Å². The molecule has 200 valence electrons. The number of hydrogen-bond donors (Lipinski definition) is 1. The Kier molecular flexibility index (Phi) is 8.19. The van der Waals surface area contributed by atoms with Crippen LogP contribution in [0.5, 0.6) is 0 Å². The number of aromatic nitrogens is 4. The van der Waals surface area contributed by atoms with Crippen LogP contribution in [0.15, 0.2) is 55.0 Å². The van der Waals surface area contributed by atoms with Gasteiger partial charge in [0.25, 0.3) is 0 Å². The predicted molar refractivity (Wildman–Crippen MR) is 132 cm³/mol. The average molecular weight is 527 g/mol. The number of nitrogens with one attached hydrogen (secondary N) is 1. The molecule has 0 saturated carbocycles. The highest BCUT2D eigenvalue weighted by molar-refractivity contribution is 5.90. The first-order valence-corrected chi connectivity index (χ1v) is 12.0. The van der Waals surface area contributed by atoms with E-state index in [4.69, 9.17) is 23.8 Å². The second-order valence-corrected chi connectivity index (χ2v) is 8.57. The summed E-state index contributed by atoms with van der Waals surface area (Å²) in [5.74, 6) is -0.476. The van der Waals surface area contributed by atoms with Gasteiger partial charge in [0, 0.05) is 30.6 Å². The van der Waals surface area contributed by atoms with Crippen molar-refractivity contribution in [3.8, 4) is 11.1 Å². The molecule has 1 amide bonds. The molecule has 2 aromatic heterocycles. The molecule has 1 saturated heterocycles. The lowest BCUT2D eigenvalue weighted by Crippen LogP contribution is -2.26. The van der Waals surface area contributed by atoms with Crippen molar-refractivity contribution >= 4 is 17.5 Å². The van der Waals surface area contributed by atoms with Gasteiger partial charge in [-0.15, -0.1) is 5.10 Å². The van der Waals surface area contributed by atoms with Crippen molar-refractivity contribution in [2.24, 2.45) is 0 Å². The van der Waals surface area contributed by atoms with E-state index in [-0.39, 0.29) is 19.4 Å². The zero-order valence-corrected chi connectivity index (χ0v) is 20.7. The van der Waals surface area contributed by atoms with E-state index in [1.54, 1.807) is 54.6 Å². The lowest BCUT2D eigenvalue weighted by atomic mass is 10.1. The van der Waals surface area contributed by atoms with E-state index in [0.717, 1.165) is 0 Å². The van der Waals surface area contributed by atoms with E-state index in [9.17, 15) is 4.79 Å². The molecule has 2 atom stereocenters. The lowest BCUT2D eigenvalue weighted by molar-refractivity contribution is -0.0942. The first-order chi connectivity index (χ1) is 18.6.